The maximum absolute atomic E-state index is 13.2. The number of carbonyl (C=O) groups excluding carboxylic acids is 3. The minimum Gasteiger partial charge on any atom is -0.355 e. The Morgan fingerprint density at radius 2 is 2.03 bits per heavy atom. The molecule has 0 aliphatic carbocycles. The molecule has 1 aromatic heterocycles. The first-order valence-electron chi connectivity index (χ1n) is 10.3. The number of nitrogens with one attached hydrogen (secondary N) is 2. The Balaban J connectivity index is 1.47. The number of anilines is 2. The van der Waals surface area contributed by atoms with E-state index in [9.17, 15) is 18.8 Å². The summed E-state index contributed by atoms with van der Waals surface area (Å²) in [6.07, 6.45) is 0.910. The van der Waals surface area contributed by atoms with E-state index < -0.39 is 5.92 Å². The first kappa shape index (κ1) is 21.4. The Kier molecular flexibility index (Phi) is 6.26. The van der Waals surface area contributed by atoms with Crippen LogP contribution in [0.5, 0.6) is 0 Å². The highest BCUT2D eigenvalue weighted by molar-refractivity contribution is 7.98. The standard InChI is InChI=1S/C21H24FN5O3S/c1-2-7-23-18(28)10-27-20(16-11-31-12-17(16)25-27)24-21(30)13-8-19(29)26(9-13)15-5-3-14(22)4-6-15/h3-6,13H,2,7-12H2,1H3,(H,23,28)(H,24,30)/t13-/m0/s1. The number of hydrogen-bond acceptors (Lipinski definition) is 5. The molecule has 0 radical (unpaired) electrons. The molecule has 3 amide bonds. The molecule has 164 valence electrons. The van der Waals surface area contributed by atoms with Crippen LogP contribution in [0, 0.1) is 11.7 Å². The SMILES string of the molecule is CCCNC(=O)Cn1nc2c(c1NC(=O)[C@H]1CC(=O)N(c3ccc(F)cc3)C1)CSC2. The van der Waals surface area contributed by atoms with Gasteiger partial charge in [0.2, 0.25) is 17.7 Å². The summed E-state index contributed by atoms with van der Waals surface area (Å²) in [7, 11) is 0. The molecule has 1 atom stereocenters. The van der Waals surface area contributed by atoms with E-state index in [-0.39, 0.29) is 43.0 Å². The van der Waals surface area contributed by atoms with Crippen molar-refractivity contribution in [3.8, 4) is 0 Å². The molecule has 31 heavy (non-hydrogen) atoms. The van der Waals surface area contributed by atoms with Gasteiger partial charge in [0.15, 0.2) is 0 Å². The highest BCUT2D eigenvalue weighted by Gasteiger charge is 2.36. The third kappa shape index (κ3) is 4.58. The largest absolute Gasteiger partial charge is 0.355 e. The van der Waals surface area contributed by atoms with Crippen LogP contribution in [0.3, 0.4) is 0 Å². The molecule has 2 aliphatic rings. The molecule has 4 rings (SSSR count). The normalized spacial score (nSPS) is 17.7. The van der Waals surface area contributed by atoms with E-state index in [1.165, 1.54) is 29.2 Å². The van der Waals surface area contributed by atoms with Gasteiger partial charge in [-0.3, -0.25) is 14.4 Å². The van der Waals surface area contributed by atoms with Gasteiger partial charge in [-0.15, -0.1) is 0 Å². The van der Waals surface area contributed by atoms with Crippen molar-refractivity contribution in [2.45, 2.75) is 37.8 Å². The molecule has 0 saturated carbocycles. The fourth-order valence-corrected chi connectivity index (χ4v) is 4.78. The van der Waals surface area contributed by atoms with Gasteiger partial charge in [-0.2, -0.15) is 16.9 Å². The Morgan fingerprint density at radius 3 is 2.77 bits per heavy atom. The summed E-state index contributed by atoms with van der Waals surface area (Å²) in [6, 6.07) is 5.64. The van der Waals surface area contributed by atoms with Crippen molar-refractivity contribution >= 4 is 41.0 Å². The lowest BCUT2D eigenvalue weighted by molar-refractivity contribution is -0.122. The van der Waals surface area contributed by atoms with Crippen LogP contribution in [-0.4, -0.2) is 40.6 Å². The van der Waals surface area contributed by atoms with Gasteiger partial charge in [0, 0.05) is 42.3 Å². The maximum Gasteiger partial charge on any atom is 0.241 e. The van der Waals surface area contributed by atoms with Gasteiger partial charge in [-0.1, -0.05) is 6.92 Å². The van der Waals surface area contributed by atoms with Crippen LogP contribution in [0.4, 0.5) is 15.9 Å². The number of carbonyl (C=O) groups is 3. The van der Waals surface area contributed by atoms with Crippen LogP contribution in [0.15, 0.2) is 24.3 Å². The molecule has 3 heterocycles. The minimum atomic E-state index is -0.542. The summed E-state index contributed by atoms with van der Waals surface area (Å²) in [5.74, 6) is 0.434. The van der Waals surface area contributed by atoms with Gasteiger partial charge in [0.05, 0.1) is 11.6 Å². The lowest BCUT2D eigenvalue weighted by atomic mass is 10.1. The number of fused-ring (bicyclic) bond motifs is 1. The molecule has 1 aromatic carbocycles. The molecule has 8 nitrogen and oxygen atoms in total. The van der Waals surface area contributed by atoms with Crippen LogP contribution in [0.25, 0.3) is 0 Å². The topological polar surface area (TPSA) is 96.3 Å². The summed E-state index contributed by atoms with van der Waals surface area (Å²) in [4.78, 5) is 39.1. The first-order valence-corrected chi connectivity index (χ1v) is 11.4. The Labute approximate surface area is 183 Å². The summed E-state index contributed by atoms with van der Waals surface area (Å²) in [5, 5.41) is 10.3. The maximum atomic E-state index is 13.2. The van der Waals surface area contributed by atoms with Gasteiger partial charge in [0.1, 0.15) is 18.2 Å². The lowest BCUT2D eigenvalue weighted by Gasteiger charge is -2.17. The van der Waals surface area contributed by atoms with Gasteiger partial charge < -0.3 is 15.5 Å². The van der Waals surface area contributed by atoms with Crippen molar-refractivity contribution in [1.82, 2.24) is 15.1 Å². The fraction of sp³-hybridized carbons (Fsp3) is 0.429. The predicted octanol–water partition coefficient (Wildman–Crippen LogP) is 2.29. The van der Waals surface area contributed by atoms with Crippen molar-refractivity contribution in [1.29, 1.82) is 0 Å². The second-order valence-corrected chi connectivity index (χ2v) is 8.63. The zero-order valence-corrected chi connectivity index (χ0v) is 18.0. The molecule has 2 aromatic rings. The number of nitrogens with zero attached hydrogens (tertiary/aromatic N) is 3. The summed E-state index contributed by atoms with van der Waals surface area (Å²) < 4.78 is 14.7. The van der Waals surface area contributed by atoms with Gasteiger partial charge in [0.25, 0.3) is 0 Å². The summed E-state index contributed by atoms with van der Waals surface area (Å²) in [5.41, 5.74) is 2.37. The van der Waals surface area contributed by atoms with Crippen LogP contribution in [-0.2, 0) is 32.4 Å². The van der Waals surface area contributed by atoms with E-state index in [1.807, 2.05) is 6.92 Å². The molecular weight excluding hydrogens is 421 g/mol. The van der Waals surface area contributed by atoms with Crippen LogP contribution < -0.4 is 15.5 Å². The molecule has 1 saturated heterocycles. The van der Waals surface area contributed by atoms with Crippen LogP contribution in [0.2, 0.25) is 0 Å². The molecule has 0 spiro atoms. The van der Waals surface area contributed by atoms with Gasteiger partial charge in [-0.05, 0) is 30.7 Å². The summed E-state index contributed by atoms with van der Waals surface area (Å²) in [6.45, 7) is 2.81. The monoisotopic (exact) mass is 445 g/mol. The summed E-state index contributed by atoms with van der Waals surface area (Å²) >= 11 is 1.70. The molecule has 1 fully saturated rings. The highest BCUT2D eigenvalue weighted by atomic mass is 32.2. The quantitative estimate of drug-likeness (QED) is 0.682. The number of thioether (sulfide) groups is 1. The molecule has 0 unspecified atom stereocenters. The van der Waals surface area contributed by atoms with Crippen molar-refractivity contribution in [2.24, 2.45) is 5.92 Å². The minimum absolute atomic E-state index is 0.0264. The number of rotatable bonds is 7. The smallest absolute Gasteiger partial charge is 0.241 e. The van der Waals surface area contributed by atoms with E-state index in [1.54, 1.807) is 16.4 Å². The lowest BCUT2D eigenvalue weighted by Crippen LogP contribution is -2.31. The second-order valence-electron chi connectivity index (χ2n) is 7.65. The first-order chi connectivity index (χ1) is 15.0. The number of hydrogen-bond donors (Lipinski definition) is 2. The molecule has 2 N–H and O–H groups in total. The average molecular weight is 446 g/mol. The van der Waals surface area contributed by atoms with Crippen LogP contribution in [0.1, 0.15) is 31.0 Å². The van der Waals surface area contributed by atoms with E-state index in [4.69, 9.17) is 0 Å². The predicted molar refractivity (Wildman–Crippen MR) is 116 cm³/mol. The van der Waals surface area contributed by atoms with Crippen molar-refractivity contribution in [3.05, 3.63) is 41.3 Å². The zero-order chi connectivity index (χ0) is 22.0. The van der Waals surface area contributed by atoms with E-state index >= 15 is 0 Å². The van der Waals surface area contributed by atoms with Crippen molar-refractivity contribution < 1.29 is 18.8 Å². The third-order valence-corrected chi connectivity index (χ3v) is 6.33. The molecule has 2 aliphatic heterocycles. The fourth-order valence-electron chi connectivity index (χ4n) is 3.75. The molecule has 10 heteroatoms. The van der Waals surface area contributed by atoms with E-state index in [0.717, 1.165) is 23.4 Å². The third-order valence-electron chi connectivity index (χ3n) is 5.36. The van der Waals surface area contributed by atoms with Gasteiger partial charge >= 0.3 is 0 Å². The number of halogens is 1. The number of aromatic nitrogens is 2. The Bertz CT molecular complexity index is 1010. The molecule has 0 bridgehead atoms. The highest BCUT2D eigenvalue weighted by Crippen LogP contribution is 2.35. The zero-order valence-electron chi connectivity index (χ0n) is 17.2. The van der Waals surface area contributed by atoms with Crippen molar-refractivity contribution in [3.63, 3.8) is 0 Å². The number of amides is 3. The second kappa shape index (κ2) is 9.09. The van der Waals surface area contributed by atoms with Crippen LogP contribution >= 0.6 is 11.8 Å². The van der Waals surface area contributed by atoms with E-state index in [2.05, 4.69) is 15.7 Å². The number of benzene rings is 1. The van der Waals surface area contributed by atoms with Gasteiger partial charge in [-0.25, -0.2) is 9.07 Å². The Morgan fingerprint density at radius 1 is 1.26 bits per heavy atom. The van der Waals surface area contributed by atoms with E-state index in [0.29, 0.717) is 23.8 Å². The Hall–Kier alpha value is -2.88. The average Bonchev–Trinajstić information content (AvgIpc) is 3.44. The molecular formula is C21H24FN5O3S. The van der Waals surface area contributed by atoms with Crippen molar-refractivity contribution in [2.75, 3.05) is 23.3 Å².